The first kappa shape index (κ1) is 20.5. The number of carbonyl (C=O) groups excluding carboxylic acids is 2. The van der Waals surface area contributed by atoms with Crippen molar-refractivity contribution in [2.75, 3.05) is 26.8 Å². The molecule has 2 aromatic heterocycles. The number of benzene rings is 1. The van der Waals surface area contributed by atoms with E-state index in [1.54, 1.807) is 6.20 Å². The smallest absolute Gasteiger partial charge is 0.249 e. The van der Waals surface area contributed by atoms with Crippen molar-refractivity contribution < 1.29 is 14.3 Å². The van der Waals surface area contributed by atoms with E-state index >= 15 is 0 Å². The Morgan fingerprint density at radius 2 is 2.07 bits per heavy atom. The van der Waals surface area contributed by atoms with Crippen LogP contribution in [-0.4, -0.2) is 48.2 Å². The van der Waals surface area contributed by atoms with Gasteiger partial charge in [-0.25, -0.2) is 4.98 Å². The zero-order chi connectivity index (χ0) is 20.9. The molecular weight excluding hydrogens is 380 g/mol. The number of rotatable bonds is 9. The third kappa shape index (κ3) is 4.22. The van der Waals surface area contributed by atoms with E-state index in [4.69, 9.17) is 4.74 Å². The number of piperidine rings is 1. The Morgan fingerprint density at radius 3 is 2.90 bits per heavy atom. The first-order valence-corrected chi connectivity index (χ1v) is 10.6. The van der Waals surface area contributed by atoms with E-state index in [2.05, 4.69) is 33.8 Å². The highest BCUT2D eigenvalue weighted by atomic mass is 16.5. The molecule has 4 rings (SSSR count). The molecule has 3 heterocycles. The minimum atomic E-state index is -0.422. The molecule has 1 fully saturated rings. The standard InChI is InChI=1S/C23H28N4O3/c1-24-11-4-14-30-13-3-5-16-7-8-19-18(15-16)17-6-2-12-25-22(17)27(19)20-9-10-21(28)26-23(20)29/h2,6-8,12,15,20,24H,3-5,9-11,13-14H2,1H3,(H,26,28,29). The van der Waals surface area contributed by atoms with Crippen LogP contribution in [0.3, 0.4) is 0 Å². The van der Waals surface area contributed by atoms with Crippen molar-refractivity contribution in [2.24, 2.45) is 0 Å². The Morgan fingerprint density at radius 1 is 1.20 bits per heavy atom. The lowest BCUT2D eigenvalue weighted by Gasteiger charge is -2.23. The van der Waals surface area contributed by atoms with Crippen molar-refractivity contribution in [3.8, 4) is 0 Å². The minimum absolute atomic E-state index is 0.208. The molecule has 0 radical (unpaired) electrons. The quantitative estimate of drug-likeness (QED) is 0.420. The summed E-state index contributed by atoms with van der Waals surface area (Å²) in [5, 5.41) is 7.71. The largest absolute Gasteiger partial charge is 0.381 e. The fraction of sp³-hybridized carbons (Fsp3) is 0.435. The molecule has 2 amide bonds. The second-order valence-corrected chi connectivity index (χ2v) is 7.74. The highest BCUT2D eigenvalue weighted by molar-refractivity contribution is 6.09. The summed E-state index contributed by atoms with van der Waals surface area (Å²) >= 11 is 0. The summed E-state index contributed by atoms with van der Waals surface area (Å²) in [6.07, 6.45) is 5.51. The number of amides is 2. The van der Waals surface area contributed by atoms with Gasteiger partial charge in [0, 0.05) is 36.6 Å². The van der Waals surface area contributed by atoms with Gasteiger partial charge in [-0.15, -0.1) is 0 Å². The lowest BCUT2D eigenvalue weighted by atomic mass is 10.0. The summed E-state index contributed by atoms with van der Waals surface area (Å²) in [5.41, 5.74) is 3.00. The van der Waals surface area contributed by atoms with Crippen LogP contribution in [0.1, 0.15) is 37.3 Å². The van der Waals surface area contributed by atoms with Crippen molar-refractivity contribution in [3.05, 3.63) is 42.1 Å². The molecule has 7 nitrogen and oxygen atoms in total. The van der Waals surface area contributed by atoms with Crippen molar-refractivity contribution in [2.45, 2.75) is 38.1 Å². The number of fused-ring (bicyclic) bond motifs is 3. The maximum atomic E-state index is 12.5. The van der Waals surface area contributed by atoms with Crippen LogP contribution in [-0.2, 0) is 20.7 Å². The third-order valence-corrected chi connectivity index (χ3v) is 5.62. The van der Waals surface area contributed by atoms with Crippen LogP contribution in [0, 0.1) is 0 Å². The maximum Gasteiger partial charge on any atom is 0.249 e. The van der Waals surface area contributed by atoms with E-state index in [9.17, 15) is 9.59 Å². The third-order valence-electron chi connectivity index (χ3n) is 5.62. The monoisotopic (exact) mass is 408 g/mol. The van der Waals surface area contributed by atoms with Gasteiger partial charge >= 0.3 is 0 Å². The number of aromatic nitrogens is 2. The van der Waals surface area contributed by atoms with Gasteiger partial charge in [-0.1, -0.05) is 6.07 Å². The second-order valence-electron chi connectivity index (χ2n) is 7.74. The topological polar surface area (TPSA) is 85.2 Å². The molecule has 1 atom stereocenters. The predicted molar refractivity (Wildman–Crippen MR) is 116 cm³/mol. The number of carbonyl (C=O) groups is 2. The summed E-state index contributed by atoms with van der Waals surface area (Å²) in [4.78, 5) is 28.7. The average Bonchev–Trinajstić information content (AvgIpc) is 3.07. The van der Waals surface area contributed by atoms with Crippen molar-refractivity contribution in [3.63, 3.8) is 0 Å². The van der Waals surface area contributed by atoms with Crippen molar-refractivity contribution in [1.29, 1.82) is 0 Å². The molecular formula is C23H28N4O3. The maximum absolute atomic E-state index is 12.5. The molecule has 1 aliphatic rings. The number of hydrogen-bond acceptors (Lipinski definition) is 5. The van der Waals surface area contributed by atoms with Gasteiger partial charge in [-0.2, -0.15) is 0 Å². The van der Waals surface area contributed by atoms with Gasteiger partial charge in [0.15, 0.2) is 0 Å². The fourth-order valence-electron chi connectivity index (χ4n) is 4.15. The molecule has 0 aliphatic carbocycles. The zero-order valence-electron chi connectivity index (χ0n) is 17.3. The van der Waals surface area contributed by atoms with Gasteiger partial charge in [-0.3, -0.25) is 14.9 Å². The van der Waals surface area contributed by atoms with E-state index in [1.807, 2.05) is 23.7 Å². The fourth-order valence-corrected chi connectivity index (χ4v) is 4.15. The molecule has 7 heteroatoms. The van der Waals surface area contributed by atoms with Gasteiger partial charge in [0.05, 0.1) is 5.52 Å². The Balaban J connectivity index is 1.56. The number of nitrogens with zero attached hydrogens (tertiary/aromatic N) is 2. The summed E-state index contributed by atoms with van der Waals surface area (Å²) < 4.78 is 7.68. The molecule has 1 unspecified atom stereocenters. The van der Waals surface area contributed by atoms with E-state index in [-0.39, 0.29) is 11.8 Å². The first-order chi connectivity index (χ1) is 14.7. The van der Waals surface area contributed by atoms with E-state index in [0.29, 0.717) is 12.8 Å². The molecule has 0 bridgehead atoms. The van der Waals surface area contributed by atoms with Crippen LogP contribution in [0.25, 0.3) is 21.9 Å². The molecule has 0 saturated carbocycles. The first-order valence-electron chi connectivity index (χ1n) is 10.6. The van der Waals surface area contributed by atoms with Gasteiger partial charge in [-0.05, 0) is 69.1 Å². The molecule has 2 N–H and O–H groups in total. The summed E-state index contributed by atoms with van der Waals surface area (Å²) in [7, 11) is 1.95. The minimum Gasteiger partial charge on any atom is -0.381 e. The molecule has 3 aromatic rings. The number of nitrogens with one attached hydrogen (secondary N) is 2. The zero-order valence-corrected chi connectivity index (χ0v) is 17.3. The van der Waals surface area contributed by atoms with E-state index in [0.717, 1.165) is 61.0 Å². The highest BCUT2D eigenvalue weighted by Gasteiger charge is 2.30. The van der Waals surface area contributed by atoms with Crippen LogP contribution in [0.15, 0.2) is 36.5 Å². The lowest BCUT2D eigenvalue weighted by Crippen LogP contribution is -2.41. The van der Waals surface area contributed by atoms with Crippen molar-refractivity contribution >= 4 is 33.8 Å². The summed E-state index contributed by atoms with van der Waals surface area (Å²) in [6, 6.07) is 9.93. The number of pyridine rings is 1. The van der Waals surface area contributed by atoms with E-state index < -0.39 is 6.04 Å². The number of imide groups is 1. The Hall–Kier alpha value is -2.77. The van der Waals surface area contributed by atoms with Crippen molar-refractivity contribution in [1.82, 2.24) is 20.2 Å². The lowest BCUT2D eigenvalue weighted by molar-refractivity contribution is -0.135. The van der Waals surface area contributed by atoms with Crippen LogP contribution in [0.5, 0.6) is 0 Å². The van der Waals surface area contributed by atoms with Gasteiger partial charge in [0.25, 0.3) is 0 Å². The molecule has 158 valence electrons. The highest BCUT2D eigenvalue weighted by Crippen LogP contribution is 2.34. The molecule has 1 aliphatic heterocycles. The van der Waals surface area contributed by atoms with Crippen LogP contribution < -0.4 is 10.6 Å². The summed E-state index contributed by atoms with van der Waals surface area (Å²) in [5.74, 6) is -0.462. The Bertz CT molecular complexity index is 1060. The number of hydrogen-bond donors (Lipinski definition) is 2. The average molecular weight is 409 g/mol. The molecule has 1 aromatic carbocycles. The Kier molecular flexibility index (Phi) is 6.40. The van der Waals surface area contributed by atoms with Gasteiger partial charge < -0.3 is 14.6 Å². The normalized spacial score (nSPS) is 17.0. The molecule has 1 saturated heterocycles. The predicted octanol–water partition coefficient (Wildman–Crippen LogP) is 2.73. The van der Waals surface area contributed by atoms with Crippen LogP contribution >= 0.6 is 0 Å². The molecule has 30 heavy (non-hydrogen) atoms. The van der Waals surface area contributed by atoms with Gasteiger partial charge in [0.2, 0.25) is 11.8 Å². The Labute approximate surface area is 175 Å². The van der Waals surface area contributed by atoms with E-state index in [1.165, 1.54) is 5.56 Å². The molecule has 0 spiro atoms. The van der Waals surface area contributed by atoms with Crippen LogP contribution in [0.4, 0.5) is 0 Å². The number of ether oxygens (including phenoxy) is 1. The number of aryl methyl sites for hydroxylation is 1. The van der Waals surface area contributed by atoms with Gasteiger partial charge in [0.1, 0.15) is 11.7 Å². The summed E-state index contributed by atoms with van der Waals surface area (Å²) in [6.45, 7) is 2.51. The van der Waals surface area contributed by atoms with Crippen LogP contribution in [0.2, 0.25) is 0 Å². The SMILES string of the molecule is CNCCCOCCCc1ccc2c(c1)c1cccnc1n2C1CCC(=O)NC1=O. The second kappa shape index (κ2) is 9.36.